The topological polar surface area (TPSA) is 46.5 Å². The number of aliphatic imine (C=N–C) groups is 1. The molecule has 0 unspecified atom stereocenters. The largest absolute Gasteiger partial charge is 0.294 e. The van der Waals surface area contributed by atoms with Crippen LogP contribution in [0.1, 0.15) is 22.3 Å². The molecule has 3 heteroatoms. The molecule has 20 heavy (non-hydrogen) atoms. The third kappa shape index (κ3) is 3.99. The lowest BCUT2D eigenvalue weighted by molar-refractivity contribution is -0.111. The third-order valence-electron chi connectivity index (χ3n) is 2.82. The molecule has 0 aromatic heterocycles. The minimum absolute atomic E-state index is 0.153. The molecule has 0 fully saturated rings. The summed E-state index contributed by atoms with van der Waals surface area (Å²) in [6.07, 6.45) is 1.06. The number of rotatable bonds is 5. The number of nitrogens with zero attached hydrogens (tertiary/aromatic N) is 1. The van der Waals surface area contributed by atoms with Crippen molar-refractivity contribution < 1.29 is 9.59 Å². The molecule has 3 nitrogen and oxygen atoms in total. The number of hydrogen-bond donors (Lipinski definition) is 0. The van der Waals surface area contributed by atoms with Crippen LogP contribution < -0.4 is 0 Å². The van der Waals surface area contributed by atoms with Gasteiger partial charge in [0.15, 0.2) is 11.6 Å². The molecule has 0 radical (unpaired) electrons. The van der Waals surface area contributed by atoms with E-state index in [0.29, 0.717) is 11.3 Å². The lowest BCUT2D eigenvalue weighted by Gasteiger charge is -1.97. The van der Waals surface area contributed by atoms with Crippen molar-refractivity contribution in [3.8, 4) is 0 Å². The molecule has 0 spiro atoms. The minimum Gasteiger partial charge on any atom is -0.294 e. The first-order valence-corrected chi connectivity index (χ1v) is 6.37. The van der Waals surface area contributed by atoms with Gasteiger partial charge in [-0.2, -0.15) is 0 Å². The highest BCUT2D eigenvalue weighted by Crippen LogP contribution is 2.11. The number of ketones is 2. The van der Waals surface area contributed by atoms with Gasteiger partial charge in [-0.25, -0.2) is 0 Å². The molecule has 0 aliphatic heterocycles. The Hall–Kier alpha value is -2.55. The van der Waals surface area contributed by atoms with E-state index in [1.807, 2.05) is 37.3 Å². The molecule has 2 rings (SSSR count). The molecule has 0 saturated heterocycles. The zero-order chi connectivity index (χ0) is 14.4. The maximum absolute atomic E-state index is 11.8. The van der Waals surface area contributed by atoms with Gasteiger partial charge in [0.05, 0.1) is 18.3 Å². The molecule has 0 bridgehead atoms. The Morgan fingerprint density at radius 3 is 2.30 bits per heavy atom. The van der Waals surface area contributed by atoms with Crippen LogP contribution in [0.4, 0.5) is 5.69 Å². The lowest BCUT2D eigenvalue weighted by Crippen LogP contribution is -2.08. The number of carbonyl (C=O) groups is 2. The standard InChI is InChI=1S/C17H15NO2/c1-13-7-9-15(10-8-13)18-12-16(19)11-17(20)14-5-3-2-4-6-14/h2-10,12H,11H2,1H3. The molecular weight excluding hydrogens is 250 g/mol. The zero-order valence-electron chi connectivity index (χ0n) is 11.2. The quantitative estimate of drug-likeness (QED) is 0.471. The van der Waals surface area contributed by atoms with Crippen LogP contribution in [0.2, 0.25) is 0 Å². The predicted octanol–water partition coefficient (Wildman–Crippen LogP) is 3.54. The van der Waals surface area contributed by atoms with Gasteiger partial charge in [0.1, 0.15) is 0 Å². The summed E-state index contributed by atoms with van der Waals surface area (Å²) in [6, 6.07) is 16.3. The zero-order valence-corrected chi connectivity index (χ0v) is 11.2. The maximum Gasteiger partial charge on any atom is 0.181 e. The molecule has 0 aliphatic carbocycles. The normalized spacial score (nSPS) is 10.7. The second-order valence-electron chi connectivity index (χ2n) is 4.53. The van der Waals surface area contributed by atoms with Crippen LogP contribution in [-0.2, 0) is 4.79 Å². The fourth-order valence-electron chi connectivity index (χ4n) is 1.71. The summed E-state index contributed by atoms with van der Waals surface area (Å²) in [6.45, 7) is 1.98. The predicted molar refractivity (Wildman–Crippen MR) is 79.7 cm³/mol. The summed E-state index contributed by atoms with van der Waals surface area (Å²) >= 11 is 0. The van der Waals surface area contributed by atoms with Gasteiger partial charge in [0.25, 0.3) is 0 Å². The van der Waals surface area contributed by atoms with E-state index in [9.17, 15) is 9.59 Å². The van der Waals surface area contributed by atoms with E-state index < -0.39 is 0 Å². The van der Waals surface area contributed by atoms with Crippen molar-refractivity contribution in [3.05, 3.63) is 65.7 Å². The van der Waals surface area contributed by atoms with E-state index in [1.54, 1.807) is 24.3 Å². The first-order chi connectivity index (χ1) is 9.65. The van der Waals surface area contributed by atoms with Crippen molar-refractivity contribution >= 4 is 23.5 Å². The van der Waals surface area contributed by atoms with Crippen LogP contribution in [0.5, 0.6) is 0 Å². The first-order valence-electron chi connectivity index (χ1n) is 6.37. The molecule has 0 atom stereocenters. The average Bonchev–Trinajstić information content (AvgIpc) is 2.47. The Morgan fingerprint density at radius 1 is 1.00 bits per heavy atom. The molecule has 100 valence electrons. The van der Waals surface area contributed by atoms with Gasteiger partial charge in [-0.1, -0.05) is 48.0 Å². The van der Waals surface area contributed by atoms with E-state index in [1.165, 1.54) is 6.21 Å². The van der Waals surface area contributed by atoms with E-state index in [-0.39, 0.29) is 18.0 Å². The van der Waals surface area contributed by atoms with Gasteiger partial charge in [0, 0.05) is 5.56 Å². The van der Waals surface area contributed by atoms with E-state index in [4.69, 9.17) is 0 Å². The van der Waals surface area contributed by atoms with Crippen LogP contribution in [0.25, 0.3) is 0 Å². The fourth-order valence-corrected chi connectivity index (χ4v) is 1.71. The van der Waals surface area contributed by atoms with Crippen LogP contribution >= 0.6 is 0 Å². The monoisotopic (exact) mass is 265 g/mol. The Bertz CT molecular complexity index is 628. The van der Waals surface area contributed by atoms with Crippen molar-refractivity contribution in [2.45, 2.75) is 13.3 Å². The molecular formula is C17H15NO2. The van der Waals surface area contributed by atoms with Crippen molar-refractivity contribution in [1.29, 1.82) is 0 Å². The van der Waals surface area contributed by atoms with Gasteiger partial charge in [-0.05, 0) is 19.1 Å². The Kier molecular flexibility index (Phi) is 4.56. The summed E-state index contributed by atoms with van der Waals surface area (Å²) in [5.41, 5.74) is 2.38. The molecule has 0 aliphatic rings. The smallest absolute Gasteiger partial charge is 0.181 e. The summed E-state index contributed by atoms with van der Waals surface area (Å²) in [5, 5.41) is 0. The second kappa shape index (κ2) is 6.57. The molecule has 0 saturated carbocycles. The highest BCUT2D eigenvalue weighted by Gasteiger charge is 2.09. The van der Waals surface area contributed by atoms with Gasteiger partial charge in [-0.15, -0.1) is 0 Å². The highest BCUT2D eigenvalue weighted by molar-refractivity contribution is 6.33. The third-order valence-corrected chi connectivity index (χ3v) is 2.82. The van der Waals surface area contributed by atoms with Crippen molar-refractivity contribution in [2.24, 2.45) is 4.99 Å². The second-order valence-corrected chi connectivity index (χ2v) is 4.53. The number of hydrogen-bond acceptors (Lipinski definition) is 3. The first kappa shape index (κ1) is 13.9. The van der Waals surface area contributed by atoms with Crippen LogP contribution in [-0.4, -0.2) is 17.8 Å². The summed E-state index contributed by atoms with van der Waals surface area (Å²) in [7, 11) is 0. The Morgan fingerprint density at radius 2 is 1.65 bits per heavy atom. The fraction of sp³-hybridized carbons (Fsp3) is 0.118. The highest BCUT2D eigenvalue weighted by atomic mass is 16.1. The summed E-state index contributed by atoms with van der Waals surface area (Å²) in [5.74, 6) is -0.481. The van der Waals surface area contributed by atoms with Gasteiger partial charge >= 0.3 is 0 Å². The summed E-state index contributed by atoms with van der Waals surface area (Å²) < 4.78 is 0. The maximum atomic E-state index is 11.8. The molecule has 0 N–H and O–H groups in total. The molecule has 2 aromatic carbocycles. The Balaban J connectivity index is 1.96. The van der Waals surface area contributed by atoms with Crippen molar-refractivity contribution in [2.75, 3.05) is 0 Å². The number of benzene rings is 2. The van der Waals surface area contributed by atoms with Crippen LogP contribution in [0.3, 0.4) is 0 Å². The van der Waals surface area contributed by atoms with Crippen LogP contribution in [0.15, 0.2) is 59.6 Å². The average molecular weight is 265 g/mol. The molecule has 0 heterocycles. The minimum atomic E-state index is -0.292. The number of carbonyl (C=O) groups excluding carboxylic acids is 2. The van der Waals surface area contributed by atoms with Crippen molar-refractivity contribution in [3.63, 3.8) is 0 Å². The van der Waals surface area contributed by atoms with Crippen LogP contribution in [0, 0.1) is 6.92 Å². The molecule has 0 amide bonds. The summed E-state index contributed by atoms with van der Waals surface area (Å²) in [4.78, 5) is 27.6. The van der Waals surface area contributed by atoms with E-state index in [2.05, 4.69) is 4.99 Å². The van der Waals surface area contributed by atoms with Crippen molar-refractivity contribution in [1.82, 2.24) is 0 Å². The van der Waals surface area contributed by atoms with E-state index >= 15 is 0 Å². The van der Waals surface area contributed by atoms with Gasteiger partial charge < -0.3 is 0 Å². The van der Waals surface area contributed by atoms with Gasteiger partial charge in [0.2, 0.25) is 0 Å². The lowest BCUT2D eigenvalue weighted by atomic mass is 10.1. The Labute approximate surface area is 118 Å². The van der Waals surface area contributed by atoms with E-state index in [0.717, 1.165) is 5.56 Å². The number of Topliss-reactive ketones (excluding diaryl/α,β-unsaturated/α-hetero) is 2. The molecule has 2 aromatic rings. The van der Waals surface area contributed by atoms with Gasteiger partial charge in [-0.3, -0.25) is 14.6 Å². The SMILES string of the molecule is Cc1ccc(N=CC(=O)CC(=O)c2ccccc2)cc1. The number of aryl methyl sites for hydroxylation is 1.